The Morgan fingerprint density at radius 1 is 1.12 bits per heavy atom. The standard InChI is InChI=1S/C13H14N2O/c16-11-3-1-9(2-4-11)13-7-10-8-14-6-5-12(10)15-13/h1-4,7,14-16H,5-6,8H2. The molecular weight excluding hydrogens is 200 g/mol. The molecule has 3 heteroatoms. The SMILES string of the molecule is Oc1ccc(-c2cc3c([nH]2)CCNC3)cc1. The molecule has 1 aliphatic heterocycles. The molecule has 1 aliphatic rings. The summed E-state index contributed by atoms with van der Waals surface area (Å²) in [6.07, 6.45) is 1.06. The van der Waals surface area contributed by atoms with Gasteiger partial charge in [0.05, 0.1) is 0 Å². The third-order valence-corrected chi connectivity index (χ3v) is 3.04. The van der Waals surface area contributed by atoms with E-state index >= 15 is 0 Å². The summed E-state index contributed by atoms with van der Waals surface area (Å²) in [5.74, 6) is 0.307. The molecule has 0 saturated heterocycles. The van der Waals surface area contributed by atoms with Crippen molar-refractivity contribution in [3.63, 3.8) is 0 Å². The summed E-state index contributed by atoms with van der Waals surface area (Å²) in [5.41, 5.74) is 4.94. The molecule has 3 rings (SSSR count). The number of hydrogen-bond acceptors (Lipinski definition) is 2. The van der Waals surface area contributed by atoms with Gasteiger partial charge in [-0.2, -0.15) is 0 Å². The highest BCUT2D eigenvalue weighted by Gasteiger charge is 2.12. The van der Waals surface area contributed by atoms with Crippen molar-refractivity contribution in [3.8, 4) is 17.0 Å². The number of aromatic nitrogens is 1. The Bertz CT molecular complexity index is 476. The van der Waals surface area contributed by atoms with Gasteiger partial charge in [0.25, 0.3) is 0 Å². The van der Waals surface area contributed by atoms with Gasteiger partial charge in [-0.25, -0.2) is 0 Å². The molecular formula is C13H14N2O. The van der Waals surface area contributed by atoms with E-state index in [0.29, 0.717) is 5.75 Å². The van der Waals surface area contributed by atoms with Gasteiger partial charge >= 0.3 is 0 Å². The van der Waals surface area contributed by atoms with E-state index in [4.69, 9.17) is 0 Å². The van der Waals surface area contributed by atoms with E-state index in [2.05, 4.69) is 16.4 Å². The van der Waals surface area contributed by atoms with Gasteiger partial charge in [-0.15, -0.1) is 0 Å². The molecule has 0 amide bonds. The third-order valence-electron chi connectivity index (χ3n) is 3.04. The molecule has 0 bridgehead atoms. The van der Waals surface area contributed by atoms with Crippen LogP contribution in [0.1, 0.15) is 11.3 Å². The molecule has 16 heavy (non-hydrogen) atoms. The highest BCUT2D eigenvalue weighted by atomic mass is 16.3. The van der Waals surface area contributed by atoms with Crippen LogP contribution in [-0.4, -0.2) is 16.6 Å². The smallest absolute Gasteiger partial charge is 0.115 e. The first-order valence-electron chi connectivity index (χ1n) is 5.54. The van der Waals surface area contributed by atoms with Crippen LogP contribution in [0.15, 0.2) is 30.3 Å². The number of nitrogens with one attached hydrogen (secondary N) is 2. The van der Waals surface area contributed by atoms with E-state index in [9.17, 15) is 5.11 Å². The summed E-state index contributed by atoms with van der Waals surface area (Å²) < 4.78 is 0. The summed E-state index contributed by atoms with van der Waals surface area (Å²) in [7, 11) is 0. The zero-order chi connectivity index (χ0) is 11.0. The number of phenols is 1. The first-order chi connectivity index (χ1) is 7.83. The number of H-pyrrole nitrogens is 1. The van der Waals surface area contributed by atoms with E-state index in [1.54, 1.807) is 12.1 Å². The summed E-state index contributed by atoms with van der Waals surface area (Å²) >= 11 is 0. The minimum Gasteiger partial charge on any atom is -0.508 e. The molecule has 0 spiro atoms. The highest BCUT2D eigenvalue weighted by Crippen LogP contribution is 2.25. The summed E-state index contributed by atoms with van der Waals surface area (Å²) in [6, 6.07) is 9.48. The molecule has 0 saturated carbocycles. The monoisotopic (exact) mass is 214 g/mol. The molecule has 0 atom stereocenters. The van der Waals surface area contributed by atoms with Crippen LogP contribution in [0.2, 0.25) is 0 Å². The van der Waals surface area contributed by atoms with Crippen LogP contribution in [0.3, 0.4) is 0 Å². The lowest BCUT2D eigenvalue weighted by Gasteiger charge is -2.11. The molecule has 2 heterocycles. The molecule has 1 aromatic carbocycles. The van der Waals surface area contributed by atoms with Crippen molar-refractivity contribution in [2.45, 2.75) is 13.0 Å². The second-order valence-corrected chi connectivity index (χ2v) is 4.16. The van der Waals surface area contributed by atoms with Gasteiger partial charge in [-0.1, -0.05) is 0 Å². The average Bonchev–Trinajstić information content (AvgIpc) is 2.73. The van der Waals surface area contributed by atoms with E-state index in [1.807, 2.05) is 12.1 Å². The lowest BCUT2D eigenvalue weighted by atomic mass is 10.1. The van der Waals surface area contributed by atoms with E-state index < -0.39 is 0 Å². The summed E-state index contributed by atoms with van der Waals surface area (Å²) in [5, 5.41) is 12.6. The van der Waals surface area contributed by atoms with E-state index in [-0.39, 0.29) is 0 Å². The highest BCUT2D eigenvalue weighted by molar-refractivity contribution is 5.62. The van der Waals surface area contributed by atoms with E-state index in [1.165, 1.54) is 11.3 Å². The normalized spacial score (nSPS) is 14.8. The number of rotatable bonds is 1. The van der Waals surface area contributed by atoms with Crippen molar-refractivity contribution in [2.75, 3.05) is 6.54 Å². The van der Waals surface area contributed by atoms with Gasteiger partial charge in [-0.05, 0) is 41.5 Å². The van der Waals surface area contributed by atoms with Gasteiger partial charge in [0.2, 0.25) is 0 Å². The number of hydrogen-bond donors (Lipinski definition) is 3. The summed E-state index contributed by atoms with van der Waals surface area (Å²) in [4.78, 5) is 3.45. The van der Waals surface area contributed by atoms with Crippen LogP contribution in [0, 0.1) is 0 Å². The molecule has 0 fully saturated rings. The number of benzene rings is 1. The van der Waals surface area contributed by atoms with Crippen molar-refractivity contribution < 1.29 is 5.11 Å². The second-order valence-electron chi connectivity index (χ2n) is 4.16. The molecule has 0 aliphatic carbocycles. The van der Waals surface area contributed by atoms with Crippen molar-refractivity contribution in [1.29, 1.82) is 0 Å². The predicted molar refractivity (Wildman–Crippen MR) is 63.3 cm³/mol. The minimum absolute atomic E-state index is 0.307. The molecule has 82 valence electrons. The van der Waals surface area contributed by atoms with Gasteiger partial charge < -0.3 is 15.4 Å². The van der Waals surface area contributed by atoms with Gasteiger partial charge in [0, 0.05) is 30.9 Å². The van der Waals surface area contributed by atoms with E-state index in [0.717, 1.165) is 30.8 Å². The number of aromatic amines is 1. The minimum atomic E-state index is 0.307. The largest absolute Gasteiger partial charge is 0.508 e. The van der Waals surface area contributed by atoms with Crippen molar-refractivity contribution in [1.82, 2.24) is 10.3 Å². The van der Waals surface area contributed by atoms with Crippen LogP contribution in [0.25, 0.3) is 11.3 Å². The first-order valence-corrected chi connectivity index (χ1v) is 5.54. The Labute approximate surface area is 94.1 Å². The number of phenolic OH excluding ortho intramolecular Hbond substituents is 1. The summed E-state index contributed by atoms with van der Waals surface area (Å²) in [6.45, 7) is 1.99. The molecule has 3 nitrogen and oxygen atoms in total. The van der Waals surface area contributed by atoms with Crippen LogP contribution in [-0.2, 0) is 13.0 Å². The first kappa shape index (κ1) is 9.48. The fourth-order valence-corrected chi connectivity index (χ4v) is 2.15. The fourth-order valence-electron chi connectivity index (χ4n) is 2.15. The quantitative estimate of drug-likeness (QED) is 0.680. The second kappa shape index (κ2) is 3.68. The Hall–Kier alpha value is -1.74. The van der Waals surface area contributed by atoms with Gasteiger partial charge in [0.1, 0.15) is 5.75 Å². The lowest BCUT2D eigenvalue weighted by molar-refractivity contribution is 0.475. The Kier molecular flexibility index (Phi) is 2.18. The Morgan fingerprint density at radius 3 is 2.69 bits per heavy atom. The van der Waals surface area contributed by atoms with Crippen molar-refractivity contribution >= 4 is 0 Å². The van der Waals surface area contributed by atoms with Crippen molar-refractivity contribution in [3.05, 3.63) is 41.6 Å². The number of aromatic hydroxyl groups is 1. The average molecular weight is 214 g/mol. The zero-order valence-electron chi connectivity index (χ0n) is 8.96. The molecule has 2 aromatic rings. The Morgan fingerprint density at radius 2 is 1.94 bits per heavy atom. The van der Waals surface area contributed by atoms with Crippen molar-refractivity contribution in [2.24, 2.45) is 0 Å². The maximum absolute atomic E-state index is 9.25. The number of fused-ring (bicyclic) bond motifs is 1. The third kappa shape index (κ3) is 1.59. The molecule has 1 aromatic heterocycles. The van der Waals surface area contributed by atoms with Crippen LogP contribution < -0.4 is 5.32 Å². The topological polar surface area (TPSA) is 48.0 Å². The zero-order valence-corrected chi connectivity index (χ0v) is 8.96. The Balaban J connectivity index is 2.00. The molecule has 0 radical (unpaired) electrons. The maximum atomic E-state index is 9.25. The van der Waals surface area contributed by atoms with Crippen LogP contribution >= 0.6 is 0 Å². The fraction of sp³-hybridized carbons (Fsp3) is 0.231. The molecule has 3 N–H and O–H groups in total. The predicted octanol–water partition coefficient (Wildman–Crippen LogP) is 2.03. The lowest BCUT2D eigenvalue weighted by Crippen LogP contribution is -2.22. The molecule has 0 unspecified atom stereocenters. The van der Waals surface area contributed by atoms with Crippen LogP contribution in [0.4, 0.5) is 0 Å². The van der Waals surface area contributed by atoms with Crippen LogP contribution in [0.5, 0.6) is 5.75 Å². The van der Waals surface area contributed by atoms with Gasteiger partial charge in [0.15, 0.2) is 0 Å². The van der Waals surface area contributed by atoms with Gasteiger partial charge in [-0.3, -0.25) is 0 Å². The maximum Gasteiger partial charge on any atom is 0.115 e.